The van der Waals surface area contributed by atoms with Crippen LogP contribution in [0.4, 0.5) is 0 Å². The van der Waals surface area contributed by atoms with E-state index in [9.17, 15) is 4.79 Å². The van der Waals surface area contributed by atoms with Gasteiger partial charge in [0.2, 0.25) is 12.3 Å². The molecule has 0 fully saturated rings. The zero-order valence-corrected chi connectivity index (χ0v) is 12.4. The minimum absolute atomic E-state index is 0.180. The number of pyridine rings is 1. The lowest BCUT2D eigenvalue weighted by atomic mass is 10.3. The monoisotopic (exact) mass is 321 g/mol. The van der Waals surface area contributed by atoms with Crippen molar-refractivity contribution in [2.75, 3.05) is 0 Å². The van der Waals surface area contributed by atoms with E-state index in [1.54, 1.807) is 16.9 Å². The average Bonchev–Trinajstić information content (AvgIpc) is 3.29. The Kier molecular flexibility index (Phi) is 3.43. The first kappa shape index (κ1) is 14.0. The second-order valence-electron chi connectivity index (χ2n) is 4.97. The van der Waals surface area contributed by atoms with Crippen LogP contribution in [0.5, 0.6) is 0 Å². The Balaban J connectivity index is 1.71. The first-order valence-electron chi connectivity index (χ1n) is 7.11. The fourth-order valence-electron chi connectivity index (χ4n) is 2.31. The van der Waals surface area contributed by atoms with Crippen LogP contribution in [-0.2, 0) is 6.54 Å². The highest BCUT2D eigenvalue weighted by atomic mass is 16.4. The molecule has 0 saturated carbocycles. The maximum atomic E-state index is 12.1. The first-order valence-corrected chi connectivity index (χ1v) is 7.11. The highest BCUT2D eigenvalue weighted by Crippen LogP contribution is 2.14. The van der Waals surface area contributed by atoms with E-state index < -0.39 is 0 Å². The van der Waals surface area contributed by atoms with Crippen LogP contribution in [0.3, 0.4) is 0 Å². The molecular formula is C15H11N7O2. The van der Waals surface area contributed by atoms with Gasteiger partial charge in [0.25, 0.3) is 5.56 Å². The number of benzene rings is 1. The molecule has 0 atom stereocenters. The molecule has 0 N–H and O–H groups in total. The highest BCUT2D eigenvalue weighted by Gasteiger charge is 2.11. The normalized spacial score (nSPS) is 10.8. The van der Waals surface area contributed by atoms with E-state index in [1.165, 1.54) is 17.0 Å². The standard InChI is InChI=1S/C15H11N7O2/c23-14-7-6-11(15-18-16-10-24-15)8-21(14)9-13-17-19-20-22(13)12-4-2-1-3-5-12/h1-8,10H,9H2. The van der Waals surface area contributed by atoms with Gasteiger partial charge in [0, 0.05) is 12.3 Å². The van der Waals surface area contributed by atoms with E-state index in [0.717, 1.165) is 5.69 Å². The van der Waals surface area contributed by atoms with Crippen LogP contribution in [-0.4, -0.2) is 35.0 Å². The Labute approximate surface area is 135 Å². The lowest BCUT2D eigenvalue weighted by Gasteiger charge is -2.07. The fraction of sp³-hybridized carbons (Fsp3) is 0.0667. The molecular weight excluding hydrogens is 310 g/mol. The third-order valence-corrected chi connectivity index (χ3v) is 3.44. The molecule has 9 nitrogen and oxygen atoms in total. The van der Waals surface area contributed by atoms with Crippen LogP contribution in [0.2, 0.25) is 0 Å². The van der Waals surface area contributed by atoms with Crippen molar-refractivity contribution in [3.8, 4) is 17.1 Å². The fourth-order valence-corrected chi connectivity index (χ4v) is 2.31. The van der Waals surface area contributed by atoms with Gasteiger partial charge in [-0.1, -0.05) is 18.2 Å². The van der Waals surface area contributed by atoms with Crippen molar-refractivity contribution in [1.29, 1.82) is 0 Å². The Morgan fingerprint density at radius 2 is 1.92 bits per heavy atom. The second kappa shape index (κ2) is 5.88. The van der Waals surface area contributed by atoms with Crippen LogP contribution in [0, 0.1) is 0 Å². The van der Waals surface area contributed by atoms with Gasteiger partial charge in [-0.15, -0.1) is 15.3 Å². The summed E-state index contributed by atoms with van der Waals surface area (Å²) < 4.78 is 8.24. The molecule has 24 heavy (non-hydrogen) atoms. The van der Waals surface area contributed by atoms with E-state index in [2.05, 4.69) is 25.7 Å². The zero-order chi connectivity index (χ0) is 16.4. The number of para-hydroxylation sites is 1. The van der Waals surface area contributed by atoms with E-state index in [4.69, 9.17) is 4.42 Å². The highest BCUT2D eigenvalue weighted by molar-refractivity contribution is 5.50. The van der Waals surface area contributed by atoms with Crippen molar-refractivity contribution in [2.45, 2.75) is 6.54 Å². The third-order valence-electron chi connectivity index (χ3n) is 3.44. The van der Waals surface area contributed by atoms with Crippen molar-refractivity contribution in [3.05, 3.63) is 71.2 Å². The number of rotatable bonds is 4. The lowest BCUT2D eigenvalue weighted by molar-refractivity contribution is 0.567. The van der Waals surface area contributed by atoms with Crippen LogP contribution < -0.4 is 5.56 Å². The van der Waals surface area contributed by atoms with E-state index in [1.807, 2.05) is 30.3 Å². The Bertz CT molecular complexity index is 1010. The topological polar surface area (TPSA) is 105 Å². The number of tetrazole rings is 1. The maximum Gasteiger partial charge on any atom is 0.250 e. The third kappa shape index (κ3) is 2.58. The molecule has 3 aromatic heterocycles. The Morgan fingerprint density at radius 3 is 2.71 bits per heavy atom. The quantitative estimate of drug-likeness (QED) is 0.550. The van der Waals surface area contributed by atoms with Gasteiger partial charge in [0.1, 0.15) is 0 Å². The zero-order valence-electron chi connectivity index (χ0n) is 12.4. The predicted octanol–water partition coefficient (Wildman–Crippen LogP) is 0.922. The van der Waals surface area contributed by atoms with Crippen molar-refractivity contribution in [3.63, 3.8) is 0 Å². The van der Waals surface area contributed by atoms with Crippen LogP contribution >= 0.6 is 0 Å². The summed E-state index contributed by atoms with van der Waals surface area (Å²) in [5.41, 5.74) is 1.28. The Morgan fingerprint density at radius 1 is 1.04 bits per heavy atom. The molecule has 0 aliphatic carbocycles. The van der Waals surface area contributed by atoms with E-state index in [0.29, 0.717) is 17.3 Å². The maximum absolute atomic E-state index is 12.1. The number of hydrogen-bond acceptors (Lipinski definition) is 7. The molecule has 0 radical (unpaired) electrons. The Hall–Kier alpha value is -3.62. The molecule has 0 aliphatic rings. The molecule has 0 saturated heterocycles. The van der Waals surface area contributed by atoms with Crippen LogP contribution in [0.25, 0.3) is 17.1 Å². The summed E-state index contributed by atoms with van der Waals surface area (Å²) >= 11 is 0. The molecule has 0 aliphatic heterocycles. The number of nitrogens with zero attached hydrogens (tertiary/aromatic N) is 7. The SMILES string of the molecule is O=c1ccc(-c2nnco2)cn1Cc1nnnn1-c1ccccc1. The van der Waals surface area contributed by atoms with Crippen molar-refractivity contribution in [2.24, 2.45) is 0 Å². The second-order valence-corrected chi connectivity index (χ2v) is 4.97. The van der Waals surface area contributed by atoms with Crippen molar-refractivity contribution < 1.29 is 4.42 Å². The van der Waals surface area contributed by atoms with Crippen molar-refractivity contribution in [1.82, 2.24) is 35.0 Å². The lowest BCUT2D eigenvalue weighted by Crippen LogP contribution is -2.21. The van der Waals surface area contributed by atoms with Crippen molar-refractivity contribution >= 4 is 0 Å². The van der Waals surface area contributed by atoms with Gasteiger partial charge in [0.05, 0.1) is 17.8 Å². The molecule has 3 heterocycles. The molecule has 4 rings (SSSR count). The molecule has 0 spiro atoms. The molecule has 9 heteroatoms. The summed E-state index contributed by atoms with van der Waals surface area (Å²) in [5, 5.41) is 19.2. The first-order chi connectivity index (χ1) is 11.8. The molecule has 0 unspecified atom stereocenters. The van der Waals surface area contributed by atoms with Crippen LogP contribution in [0.15, 0.2) is 64.3 Å². The van der Waals surface area contributed by atoms with Gasteiger partial charge in [-0.05, 0) is 28.6 Å². The van der Waals surface area contributed by atoms with Gasteiger partial charge in [-0.25, -0.2) is 0 Å². The molecule has 4 aromatic rings. The van der Waals surface area contributed by atoms with Crippen LogP contribution in [0.1, 0.15) is 5.82 Å². The van der Waals surface area contributed by atoms with Gasteiger partial charge in [-0.3, -0.25) is 4.79 Å². The largest absolute Gasteiger partial charge is 0.423 e. The van der Waals surface area contributed by atoms with E-state index >= 15 is 0 Å². The summed E-state index contributed by atoms with van der Waals surface area (Å²) in [4.78, 5) is 12.1. The number of hydrogen-bond donors (Lipinski definition) is 0. The van der Waals surface area contributed by atoms with Gasteiger partial charge >= 0.3 is 0 Å². The van der Waals surface area contributed by atoms with E-state index in [-0.39, 0.29) is 12.1 Å². The average molecular weight is 321 g/mol. The summed E-state index contributed by atoms with van der Waals surface area (Å²) in [6, 6.07) is 12.5. The summed E-state index contributed by atoms with van der Waals surface area (Å²) in [5.74, 6) is 0.873. The predicted molar refractivity (Wildman–Crippen MR) is 82.3 cm³/mol. The molecule has 1 aromatic carbocycles. The molecule has 0 bridgehead atoms. The minimum Gasteiger partial charge on any atom is -0.423 e. The smallest absolute Gasteiger partial charge is 0.250 e. The summed E-state index contributed by atoms with van der Waals surface area (Å²) in [6.07, 6.45) is 2.88. The molecule has 118 valence electrons. The van der Waals surface area contributed by atoms with Gasteiger partial charge in [-0.2, -0.15) is 4.68 Å². The minimum atomic E-state index is -0.180. The summed E-state index contributed by atoms with van der Waals surface area (Å²) in [6.45, 7) is 0.211. The van der Waals surface area contributed by atoms with Gasteiger partial charge < -0.3 is 8.98 Å². The summed E-state index contributed by atoms with van der Waals surface area (Å²) in [7, 11) is 0. The van der Waals surface area contributed by atoms with Gasteiger partial charge in [0.15, 0.2) is 5.82 Å². The molecule has 0 amide bonds. The number of aromatic nitrogens is 7.